The van der Waals surface area contributed by atoms with Crippen LogP contribution in [0.2, 0.25) is 5.02 Å². The van der Waals surface area contributed by atoms with Crippen LogP contribution in [0.3, 0.4) is 0 Å². The van der Waals surface area contributed by atoms with Gasteiger partial charge in [0.25, 0.3) is 0 Å². The molecule has 1 aromatic heterocycles. The first-order valence-corrected chi connectivity index (χ1v) is 12.4. The number of hydrogen-bond donors (Lipinski definition) is 0. The number of halogens is 1. The number of piperazine rings is 1. The Balaban J connectivity index is 1.29. The van der Waals surface area contributed by atoms with E-state index in [1.54, 1.807) is 6.33 Å². The van der Waals surface area contributed by atoms with Gasteiger partial charge < -0.3 is 9.80 Å². The summed E-state index contributed by atoms with van der Waals surface area (Å²) in [4.78, 5) is 29.4. The van der Waals surface area contributed by atoms with Crippen molar-refractivity contribution in [2.75, 3.05) is 44.2 Å². The zero-order chi connectivity index (χ0) is 21.5. The summed E-state index contributed by atoms with van der Waals surface area (Å²) < 4.78 is 0. The molecule has 0 radical (unpaired) electrons. The van der Waals surface area contributed by atoms with E-state index in [-0.39, 0.29) is 11.8 Å². The van der Waals surface area contributed by atoms with Crippen molar-refractivity contribution < 1.29 is 4.79 Å². The SMILES string of the molecule is CC1SCc2ncnc(N3CCN(C(=O)C(CN4CC4C)c4ccc(Cl)cc4)CC3)c21. The third-order valence-electron chi connectivity index (χ3n) is 6.69. The lowest BCUT2D eigenvalue weighted by Gasteiger charge is -2.38. The van der Waals surface area contributed by atoms with Gasteiger partial charge in [0.1, 0.15) is 12.1 Å². The van der Waals surface area contributed by atoms with Crippen LogP contribution in [0.25, 0.3) is 0 Å². The second-order valence-electron chi connectivity index (χ2n) is 8.73. The van der Waals surface area contributed by atoms with Gasteiger partial charge in [0, 0.05) is 66.9 Å². The van der Waals surface area contributed by atoms with Crippen LogP contribution >= 0.6 is 23.4 Å². The van der Waals surface area contributed by atoms with E-state index in [2.05, 4.69) is 33.6 Å². The molecule has 0 N–H and O–H groups in total. The van der Waals surface area contributed by atoms with Gasteiger partial charge in [0.15, 0.2) is 0 Å². The summed E-state index contributed by atoms with van der Waals surface area (Å²) in [6.45, 7) is 9.34. The van der Waals surface area contributed by atoms with Crippen LogP contribution in [0.4, 0.5) is 5.82 Å². The number of hydrogen-bond acceptors (Lipinski definition) is 6. The summed E-state index contributed by atoms with van der Waals surface area (Å²) in [7, 11) is 0. The van der Waals surface area contributed by atoms with Gasteiger partial charge in [-0.2, -0.15) is 0 Å². The molecule has 1 aromatic carbocycles. The Morgan fingerprint density at radius 1 is 1.16 bits per heavy atom. The summed E-state index contributed by atoms with van der Waals surface area (Å²) in [5, 5.41) is 1.13. The maximum Gasteiger partial charge on any atom is 0.231 e. The average Bonchev–Trinajstić information content (AvgIpc) is 3.36. The van der Waals surface area contributed by atoms with Gasteiger partial charge in [-0.1, -0.05) is 23.7 Å². The van der Waals surface area contributed by atoms with Crippen LogP contribution in [0.1, 0.15) is 41.8 Å². The van der Waals surface area contributed by atoms with E-state index in [4.69, 9.17) is 11.6 Å². The Bertz CT molecular complexity index is 963. The smallest absolute Gasteiger partial charge is 0.231 e. The number of carbonyl (C=O) groups excluding carboxylic acids is 1. The number of nitrogens with zero attached hydrogens (tertiary/aromatic N) is 5. The first-order chi connectivity index (χ1) is 15.0. The molecular formula is C23H28ClN5OS. The van der Waals surface area contributed by atoms with E-state index in [0.717, 1.165) is 62.1 Å². The van der Waals surface area contributed by atoms with Gasteiger partial charge in [-0.05, 0) is 31.5 Å². The molecule has 4 unspecified atom stereocenters. The summed E-state index contributed by atoms with van der Waals surface area (Å²) >= 11 is 8.00. The van der Waals surface area contributed by atoms with Crippen LogP contribution < -0.4 is 4.90 Å². The molecule has 4 atom stereocenters. The fourth-order valence-corrected chi connectivity index (χ4v) is 5.83. The highest BCUT2D eigenvalue weighted by molar-refractivity contribution is 7.99. The molecule has 2 fully saturated rings. The maximum absolute atomic E-state index is 13.6. The van der Waals surface area contributed by atoms with Gasteiger partial charge in [0.05, 0.1) is 11.6 Å². The molecule has 2 saturated heterocycles. The van der Waals surface area contributed by atoms with Crippen LogP contribution in [0, 0.1) is 0 Å². The molecule has 6 nitrogen and oxygen atoms in total. The summed E-state index contributed by atoms with van der Waals surface area (Å²) in [6.07, 6.45) is 1.69. The minimum absolute atomic E-state index is 0.145. The molecule has 1 amide bonds. The summed E-state index contributed by atoms with van der Waals surface area (Å²) in [6, 6.07) is 8.33. The highest BCUT2D eigenvalue weighted by Gasteiger charge is 2.37. The molecule has 0 bridgehead atoms. The maximum atomic E-state index is 13.6. The molecule has 8 heteroatoms. The van der Waals surface area contributed by atoms with Crippen molar-refractivity contribution in [3.8, 4) is 0 Å². The third kappa shape index (κ3) is 4.28. The Morgan fingerprint density at radius 3 is 2.55 bits per heavy atom. The molecular weight excluding hydrogens is 430 g/mol. The molecule has 0 spiro atoms. The molecule has 3 aliphatic heterocycles. The lowest BCUT2D eigenvalue weighted by molar-refractivity contribution is -0.133. The number of aromatic nitrogens is 2. The molecule has 5 rings (SSSR count). The van der Waals surface area contributed by atoms with Crippen molar-refractivity contribution in [1.29, 1.82) is 0 Å². The van der Waals surface area contributed by atoms with Crippen LogP contribution in [0.15, 0.2) is 30.6 Å². The van der Waals surface area contributed by atoms with Crippen molar-refractivity contribution >= 4 is 35.1 Å². The van der Waals surface area contributed by atoms with Crippen molar-refractivity contribution in [1.82, 2.24) is 19.8 Å². The first kappa shape index (κ1) is 21.0. The van der Waals surface area contributed by atoms with Crippen LogP contribution in [-0.2, 0) is 10.5 Å². The zero-order valence-electron chi connectivity index (χ0n) is 18.0. The van der Waals surface area contributed by atoms with Gasteiger partial charge in [-0.15, -0.1) is 11.8 Å². The average molecular weight is 458 g/mol. The minimum Gasteiger partial charge on any atom is -0.353 e. The van der Waals surface area contributed by atoms with Crippen molar-refractivity contribution in [3.05, 3.63) is 52.4 Å². The zero-order valence-corrected chi connectivity index (χ0v) is 19.6. The van der Waals surface area contributed by atoms with Gasteiger partial charge >= 0.3 is 0 Å². The second kappa shape index (κ2) is 8.60. The van der Waals surface area contributed by atoms with E-state index in [1.807, 2.05) is 40.9 Å². The fourth-order valence-electron chi connectivity index (χ4n) is 4.65. The molecule has 3 aliphatic rings. The van der Waals surface area contributed by atoms with Gasteiger partial charge in [0.2, 0.25) is 5.91 Å². The molecule has 0 aliphatic carbocycles. The third-order valence-corrected chi connectivity index (χ3v) is 8.12. The Morgan fingerprint density at radius 2 is 1.87 bits per heavy atom. The molecule has 4 heterocycles. The molecule has 0 saturated carbocycles. The number of thioether (sulfide) groups is 1. The van der Waals surface area contributed by atoms with E-state index < -0.39 is 0 Å². The largest absolute Gasteiger partial charge is 0.353 e. The Kier molecular flexibility index (Phi) is 5.84. The Hall–Kier alpha value is -1.83. The normalized spacial score (nSPS) is 26.0. The number of rotatable bonds is 5. The molecule has 164 valence electrons. The topological polar surface area (TPSA) is 52.3 Å². The lowest BCUT2D eigenvalue weighted by atomic mass is 9.97. The number of amides is 1. The van der Waals surface area contributed by atoms with Crippen molar-refractivity contribution in [2.45, 2.75) is 36.8 Å². The standard InChI is InChI=1S/C23H28ClN5OS/c1-15-11-29(15)12-19(17-3-5-18(24)6-4-17)23(30)28-9-7-27(8-10-28)22-21-16(2)31-13-20(21)25-14-26-22/h3-6,14-16,19H,7-13H2,1-2H3. The van der Waals surface area contributed by atoms with E-state index in [0.29, 0.717) is 16.3 Å². The Labute approximate surface area is 193 Å². The molecule has 31 heavy (non-hydrogen) atoms. The fraction of sp³-hybridized carbons (Fsp3) is 0.522. The van der Waals surface area contributed by atoms with Crippen molar-refractivity contribution in [3.63, 3.8) is 0 Å². The highest BCUT2D eigenvalue weighted by Crippen LogP contribution is 2.44. The van der Waals surface area contributed by atoms with Crippen LogP contribution in [0.5, 0.6) is 0 Å². The predicted octanol–water partition coefficient (Wildman–Crippen LogP) is 3.57. The summed E-state index contributed by atoms with van der Waals surface area (Å²) in [5.41, 5.74) is 3.49. The van der Waals surface area contributed by atoms with Crippen molar-refractivity contribution in [2.24, 2.45) is 0 Å². The van der Waals surface area contributed by atoms with Gasteiger partial charge in [-0.25, -0.2) is 9.97 Å². The van der Waals surface area contributed by atoms with Gasteiger partial charge in [-0.3, -0.25) is 9.69 Å². The predicted molar refractivity (Wildman–Crippen MR) is 126 cm³/mol. The van der Waals surface area contributed by atoms with E-state index in [1.165, 1.54) is 5.56 Å². The number of fused-ring (bicyclic) bond motifs is 1. The monoisotopic (exact) mass is 457 g/mol. The second-order valence-corrected chi connectivity index (χ2v) is 10.5. The molecule has 2 aromatic rings. The van der Waals surface area contributed by atoms with E-state index >= 15 is 0 Å². The minimum atomic E-state index is -0.145. The van der Waals surface area contributed by atoms with E-state index in [9.17, 15) is 4.79 Å². The number of anilines is 1. The summed E-state index contributed by atoms with van der Waals surface area (Å²) in [5.74, 6) is 2.09. The quantitative estimate of drug-likeness (QED) is 0.640. The number of benzene rings is 1. The first-order valence-electron chi connectivity index (χ1n) is 11.0. The van der Waals surface area contributed by atoms with Crippen LogP contribution in [-0.4, -0.2) is 71.0 Å². The number of carbonyl (C=O) groups is 1. The lowest BCUT2D eigenvalue weighted by Crippen LogP contribution is -2.51. The highest BCUT2D eigenvalue weighted by atomic mass is 35.5.